The Hall–Kier alpha value is -1.13. The molecule has 1 aromatic rings. The lowest BCUT2D eigenvalue weighted by Crippen LogP contribution is -2.42. The highest BCUT2D eigenvalue weighted by Crippen LogP contribution is 2.26. The van der Waals surface area contributed by atoms with Crippen molar-refractivity contribution < 1.29 is 5.11 Å². The maximum Gasteiger partial charge on any atom is 0.131 e. The number of aryl methyl sites for hydroxylation is 1. The molecule has 0 amide bonds. The molecule has 4 heteroatoms. The molecule has 2 N–H and O–H groups in total. The molecule has 112 valence electrons. The molecule has 1 unspecified atom stereocenters. The average molecular weight is 277 g/mol. The van der Waals surface area contributed by atoms with Gasteiger partial charge in [-0.3, -0.25) is 0 Å². The summed E-state index contributed by atoms with van der Waals surface area (Å²) in [6, 6.07) is 2.92. The molecule has 0 bridgehead atoms. The number of aliphatic hydroxyl groups is 1. The number of nitrogens with one attached hydrogen (secondary N) is 1. The standard InChI is InChI=1S/C16H27N3O/c1-12(2)17-9-14-8-13(3)16(18-10-14)19-7-5-4-6-15(19)11-20/h8,10,12,15,17,20H,4-7,9,11H2,1-3H3. The van der Waals surface area contributed by atoms with Gasteiger partial charge in [-0.05, 0) is 43.4 Å². The predicted molar refractivity (Wildman–Crippen MR) is 83.0 cm³/mol. The largest absolute Gasteiger partial charge is 0.394 e. The van der Waals surface area contributed by atoms with Crippen LogP contribution in [0.5, 0.6) is 0 Å². The molecule has 1 saturated heterocycles. The van der Waals surface area contributed by atoms with Gasteiger partial charge >= 0.3 is 0 Å². The van der Waals surface area contributed by atoms with Crippen LogP contribution in [0.2, 0.25) is 0 Å². The van der Waals surface area contributed by atoms with Gasteiger partial charge in [-0.2, -0.15) is 0 Å². The van der Waals surface area contributed by atoms with E-state index in [2.05, 4.69) is 42.0 Å². The summed E-state index contributed by atoms with van der Waals surface area (Å²) in [5, 5.41) is 12.9. The van der Waals surface area contributed by atoms with E-state index in [-0.39, 0.29) is 12.6 Å². The molecule has 1 aliphatic heterocycles. The van der Waals surface area contributed by atoms with Gasteiger partial charge in [0.1, 0.15) is 5.82 Å². The molecule has 2 rings (SSSR count). The van der Waals surface area contributed by atoms with Crippen molar-refractivity contribution in [1.29, 1.82) is 0 Å². The van der Waals surface area contributed by atoms with E-state index in [1.807, 2.05) is 6.20 Å². The van der Waals surface area contributed by atoms with Gasteiger partial charge < -0.3 is 15.3 Å². The summed E-state index contributed by atoms with van der Waals surface area (Å²) in [5.41, 5.74) is 2.42. The first-order valence-electron chi connectivity index (χ1n) is 7.68. The average Bonchev–Trinajstić information content (AvgIpc) is 2.45. The Morgan fingerprint density at radius 1 is 1.45 bits per heavy atom. The fourth-order valence-electron chi connectivity index (χ4n) is 2.81. The van der Waals surface area contributed by atoms with E-state index in [1.54, 1.807) is 0 Å². The van der Waals surface area contributed by atoms with E-state index in [4.69, 9.17) is 0 Å². The van der Waals surface area contributed by atoms with Crippen molar-refractivity contribution in [3.63, 3.8) is 0 Å². The molecule has 2 heterocycles. The van der Waals surface area contributed by atoms with Crippen LogP contribution in [0.25, 0.3) is 0 Å². The van der Waals surface area contributed by atoms with Crippen LogP contribution < -0.4 is 10.2 Å². The normalized spacial score (nSPS) is 19.6. The number of anilines is 1. The van der Waals surface area contributed by atoms with Crippen molar-refractivity contribution in [2.45, 2.75) is 58.7 Å². The maximum absolute atomic E-state index is 9.53. The second-order valence-corrected chi connectivity index (χ2v) is 6.05. The SMILES string of the molecule is Cc1cc(CNC(C)C)cnc1N1CCCCC1CO. The van der Waals surface area contributed by atoms with Gasteiger partial charge in [0.15, 0.2) is 0 Å². The number of nitrogens with zero attached hydrogens (tertiary/aromatic N) is 2. The van der Waals surface area contributed by atoms with Gasteiger partial charge in [0.2, 0.25) is 0 Å². The summed E-state index contributed by atoms with van der Waals surface area (Å²) in [5.74, 6) is 1.04. The van der Waals surface area contributed by atoms with Gasteiger partial charge in [0.25, 0.3) is 0 Å². The molecule has 0 aliphatic carbocycles. The summed E-state index contributed by atoms with van der Waals surface area (Å²) in [6.07, 6.45) is 5.42. The van der Waals surface area contributed by atoms with Crippen molar-refractivity contribution in [3.8, 4) is 0 Å². The molecule has 0 spiro atoms. The maximum atomic E-state index is 9.53. The highest BCUT2D eigenvalue weighted by atomic mass is 16.3. The molecule has 0 radical (unpaired) electrons. The second kappa shape index (κ2) is 7.04. The van der Waals surface area contributed by atoms with E-state index in [0.29, 0.717) is 6.04 Å². The van der Waals surface area contributed by atoms with E-state index in [0.717, 1.165) is 25.3 Å². The van der Waals surface area contributed by atoms with E-state index in [1.165, 1.54) is 24.0 Å². The van der Waals surface area contributed by atoms with Gasteiger partial charge in [-0.25, -0.2) is 4.98 Å². The third-order valence-corrected chi connectivity index (χ3v) is 3.93. The zero-order valence-electron chi connectivity index (χ0n) is 12.9. The number of hydrogen-bond acceptors (Lipinski definition) is 4. The van der Waals surface area contributed by atoms with Crippen molar-refractivity contribution in [2.24, 2.45) is 0 Å². The van der Waals surface area contributed by atoms with Crippen LogP contribution >= 0.6 is 0 Å². The lowest BCUT2D eigenvalue weighted by Gasteiger charge is -2.36. The van der Waals surface area contributed by atoms with Gasteiger partial charge in [-0.15, -0.1) is 0 Å². The lowest BCUT2D eigenvalue weighted by atomic mass is 10.0. The van der Waals surface area contributed by atoms with Crippen molar-refractivity contribution >= 4 is 5.82 Å². The topological polar surface area (TPSA) is 48.4 Å². The van der Waals surface area contributed by atoms with Crippen molar-refractivity contribution in [2.75, 3.05) is 18.1 Å². The summed E-state index contributed by atoms with van der Waals surface area (Å²) >= 11 is 0. The van der Waals surface area contributed by atoms with Crippen LogP contribution in [-0.2, 0) is 6.54 Å². The minimum absolute atomic E-state index is 0.220. The van der Waals surface area contributed by atoms with Crippen LogP contribution in [0.15, 0.2) is 12.3 Å². The number of piperidine rings is 1. The van der Waals surface area contributed by atoms with Crippen LogP contribution in [0.1, 0.15) is 44.2 Å². The molecular weight excluding hydrogens is 250 g/mol. The predicted octanol–water partition coefficient (Wildman–Crippen LogP) is 2.24. The summed E-state index contributed by atoms with van der Waals surface area (Å²) in [6.45, 7) is 8.49. The highest BCUT2D eigenvalue weighted by Gasteiger charge is 2.23. The Balaban J connectivity index is 2.12. The first kappa shape index (κ1) is 15.3. The Bertz CT molecular complexity index is 434. The molecule has 1 fully saturated rings. The first-order chi connectivity index (χ1) is 9.61. The number of aromatic nitrogens is 1. The third-order valence-electron chi connectivity index (χ3n) is 3.93. The van der Waals surface area contributed by atoms with Crippen molar-refractivity contribution in [3.05, 3.63) is 23.4 Å². The molecule has 0 saturated carbocycles. The molecule has 20 heavy (non-hydrogen) atoms. The van der Waals surface area contributed by atoms with Crippen LogP contribution in [0.3, 0.4) is 0 Å². The van der Waals surface area contributed by atoms with E-state index >= 15 is 0 Å². The van der Waals surface area contributed by atoms with Crippen LogP contribution in [0, 0.1) is 6.92 Å². The van der Waals surface area contributed by atoms with Crippen LogP contribution in [0.4, 0.5) is 5.82 Å². The Labute approximate surface area is 122 Å². The number of hydrogen-bond donors (Lipinski definition) is 2. The minimum Gasteiger partial charge on any atom is -0.394 e. The third kappa shape index (κ3) is 3.70. The Morgan fingerprint density at radius 3 is 2.90 bits per heavy atom. The minimum atomic E-state index is 0.220. The van der Waals surface area contributed by atoms with Crippen molar-refractivity contribution in [1.82, 2.24) is 10.3 Å². The first-order valence-corrected chi connectivity index (χ1v) is 7.68. The summed E-state index contributed by atoms with van der Waals surface area (Å²) in [7, 11) is 0. The molecular formula is C16H27N3O. The second-order valence-electron chi connectivity index (χ2n) is 6.05. The van der Waals surface area contributed by atoms with E-state index in [9.17, 15) is 5.11 Å². The molecule has 4 nitrogen and oxygen atoms in total. The fourth-order valence-corrected chi connectivity index (χ4v) is 2.81. The Kier molecular flexibility index (Phi) is 5.38. The molecule has 0 aromatic carbocycles. The summed E-state index contributed by atoms with van der Waals surface area (Å²) in [4.78, 5) is 6.93. The lowest BCUT2D eigenvalue weighted by molar-refractivity contribution is 0.239. The highest BCUT2D eigenvalue weighted by molar-refractivity contribution is 5.48. The number of pyridine rings is 1. The molecule has 1 aliphatic rings. The number of rotatable bonds is 5. The fraction of sp³-hybridized carbons (Fsp3) is 0.688. The quantitative estimate of drug-likeness (QED) is 0.866. The Morgan fingerprint density at radius 2 is 2.25 bits per heavy atom. The molecule has 1 aromatic heterocycles. The number of aliphatic hydroxyl groups excluding tert-OH is 1. The van der Waals surface area contributed by atoms with E-state index < -0.39 is 0 Å². The van der Waals surface area contributed by atoms with Gasteiger partial charge in [-0.1, -0.05) is 13.8 Å². The zero-order valence-corrected chi connectivity index (χ0v) is 12.9. The zero-order chi connectivity index (χ0) is 14.5. The smallest absolute Gasteiger partial charge is 0.131 e. The van der Waals surface area contributed by atoms with Gasteiger partial charge in [0, 0.05) is 25.3 Å². The van der Waals surface area contributed by atoms with Crippen LogP contribution in [-0.4, -0.2) is 35.3 Å². The summed E-state index contributed by atoms with van der Waals surface area (Å²) < 4.78 is 0. The molecule has 1 atom stereocenters. The van der Waals surface area contributed by atoms with Gasteiger partial charge in [0.05, 0.1) is 12.6 Å². The monoisotopic (exact) mass is 277 g/mol.